The van der Waals surface area contributed by atoms with Gasteiger partial charge in [-0.1, -0.05) is 43.0 Å². The van der Waals surface area contributed by atoms with Crippen molar-refractivity contribution in [1.82, 2.24) is 0 Å². The molecule has 0 saturated heterocycles. The van der Waals surface area contributed by atoms with Gasteiger partial charge < -0.3 is 0 Å². The minimum atomic E-state index is -0.362. The Morgan fingerprint density at radius 3 is 2.30 bits per heavy atom. The molecular weight excluding hydrogens is 362 g/mol. The molecule has 1 fully saturated rings. The van der Waals surface area contributed by atoms with Gasteiger partial charge in [-0.2, -0.15) is 5.10 Å². The van der Waals surface area contributed by atoms with Crippen molar-refractivity contribution in [2.75, 3.05) is 5.01 Å². The summed E-state index contributed by atoms with van der Waals surface area (Å²) in [5.74, 6) is 0.552. The number of non-ortho nitro benzene ring substituents is 1. The monoisotopic (exact) mass is 383 g/mol. The van der Waals surface area contributed by atoms with Crippen molar-refractivity contribution in [2.24, 2.45) is 11.0 Å². The van der Waals surface area contributed by atoms with E-state index in [-0.39, 0.29) is 16.7 Å². The van der Waals surface area contributed by atoms with Crippen molar-refractivity contribution < 1.29 is 4.92 Å². The van der Waals surface area contributed by atoms with Crippen LogP contribution in [0.25, 0.3) is 0 Å². The maximum Gasteiger partial charge on any atom is 0.269 e. The maximum atomic E-state index is 11.0. The van der Waals surface area contributed by atoms with Crippen LogP contribution in [0, 0.1) is 16.0 Å². The lowest BCUT2D eigenvalue weighted by Gasteiger charge is -2.24. The average Bonchev–Trinajstić information content (AvgIpc) is 3.15. The number of anilines is 1. The Labute approximate surface area is 163 Å². The Bertz CT molecular complexity index is 843. The van der Waals surface area contributed by atoms with Crippen molar-refractivity contribution in [2.45, 2.75) is 44.6 Å². The number of nitrogens with zero attached hydrogens (tertiary/aromatic N) is 3. The number of hydrogen-bond donors (Lipinski definition) is 0. The van der Waals surface area contributed by atoms with Gasteiger partial charge in [0, 0.05) is 29.3 Å². The molecule has 1 aliphatic heterocycles. The zero-order valence-electron chi connectivity index (χ0n) is 15.1. The van der Waals surface area contributed by atoms with Crippen LogP contribution in [0.4, 0.5) is 11.4 Å². The third-order valence-corrected chi connectivity index (χ3v) is 5.84. The van der Waals surface area contributed by atoms with Gasteiger partial charge >= 0.3 is 0 Å². The van der Waals surface area contributed by atoms with Gasteiger partial charge in [-0.3, -0.25) is 15.1 Å². The fourth-order valence-corrected chi connectivity index (χ4v) is 4.25. The second-order valence-corrected chi connectivity index (χ2v) is 7.75. The lowest BCUT2D eigenvalue weighted by atomic mass is 9.83. The van der Waals surface area contributed by atoms with Gasteiger partial charge in [-0.25, -0.2) is 0 Å². The molecule has 2 aliphatic rings. The average molecular weight is 384 g/mol. The highest BCUT2D eigenvalue weighted by Crippen LogP contribution is 2.40. The standard InChI is InChI=1S/C21H22ClN3O2/c22-17-8-12-18(13-9-17)24-21(16-6-10-19(11-7-16)25(26)27)14-20(23-24)15-4-2-1-3-5-15/h6-13,15,21H,1-5,14H2. The number of rotatable bonds is 4. The molecule has 0 amide bonds. The molecule has 2 aromatic rings. The Kier molecular flexibility index (Phi) is 5.12. The van der Waals surface area contributed by atoms with E-state index >= 15 is 0 Å². The molecule has 0 spiro atoms. The van der Waals surface area contributed by atoms with Crippen LogP contribution in [0.3, 0.4) is 0 Å². The van der Waals surface area contributed by atoms with Crippen LogP contribution in [0.5, 0.6) is 0 Å². The summed E-state index contributed by atoms with van der Waals surface area (Å²) in [6, 6.07) is 14.6. The first kappa shape index (κ1) is 18.0. The van der Waals surface area contributed by atoms with Crippen LogP contribution in [0.15, 0.2) is 53.6 Å². The van der Waals surface area contributed by atoms with Crippen molar-refractivity contribution in [1.29, 1.82) is 0 Å². The van der Waals surface area contributed by atoms with Gasteiger partial charge in [-0.15, -0.1) is 0 Å². The van der Waals surface area contributed by atoms with E-state index in [1.165, 1.54) is 37.8 Å². The summed E-state index contributed by atoms with van der Waals surface area (Å²) < 4.78 is 0. The highest BCUT2D eigenvalue weighted by Gasteiger charge is 2.33. The number of hydrogen-bond acceptors (Lipinski definition) is 4. The normalized spacial score (nSPS) is 20.6. The van der Waals surface area contributed by atoms with E-state index in [0.717, 1.165) is 17.7 Å². The Morgan fingerprint density at radius 2 is 1.67 bits per heavy atom. The van der Waals surface area contributed by atoms with E-state index in [4.69, 9.17) is 16.7 Å². The Balaban J connectivity index is 1.65. The Morgan fingerprint density at radius 1 is 1.00 bits per heavy atom. The molecule has 4 rings (SSSR count). The van der Waals surface area contributed by atoms with Crippen LogP contribution < -0.4 is 5.01 Å². The first-order valence-electron chi connectivity index (χ1n) is 9.48. The third kappa shape index (κ3) is 3.83. The molecule has 1 aliphatic carbocycles. The van der Waals surface area contributed by atoms with Crippen LogP contribution in [0.1, 0.15) is 50.1 Å². The quantitative estimate of drug-likeness (QED) is 0.470. The predicted octanol–water partition coefficient (Wildman–Crippen LogP) is 6.14. The molecular formula is C21H22ClN3O2. The molecule has 0 aromatic heterocycles. The first-order chi connectivity index (χ1) is 13.1. The molecule has 0 radical (unpaired) electrons. The lowest BCUT2D eigenvalue weighted by Crippen LogP contribution is -2.18. The fourth-order valence-electron chi connectivity index (χ4n) is 4.13. The first-order valence-corrected chi connectivity index (χ1v) is 9.86. The van der Waals surface area contributed by atoms with E-state index in [1.54, 1.807) is 12.1 Å². The van der Waals surface area contributed by atoms with E-state index in [9.17, 15) is 10.1 Å². The van der Waals surface area contributed by atoms with Crippen molar-refractivity contribution in [3.63, 3.8) is 0 Å². The zero-order chi connectivity index (χ0) is 18.8. The highest BCUT2D eigenvalue weighted by molar-refractivity contribution is 6.30. The van der Waals surface area contributed by atoms with Gasteiger partial charge in [0.1, 0.15) is 0 Å². The van der Waals surface area contributed by atoms with Gasteiger partial charge in [0.2, 0.25) is 0 Å². The summed E-state index contributed by atoms with van der Waals surface area (Å²) in [7, 11) is 0. The zero-order valence-corrected chi connectivity index (χ0v) is 15.8. The van der Waals surface area contributed by atoms with Crippen LogP contribution in [-0.4, -0.2) is 10.6 Å². The van der Waals surface area contributed by atoms with Crippen LogP contribution in [0.2, 0.25) is 5.02 Å². The summed E-state index contributed by atoms with van der Waals surface area (Å²) >= 11 is 6.05. The molecule has 6 heteroatoms. The van der Waals surface area contributed by atoms with E-state index < -0.39 is 0 Å². The minimum absolute atomic E-state index is 0.0592. The molecule has 2 aromatic carbocycles. The molecule has 140 valence electrons. The molecule has 1 heterocycles. The lowest BCUT2D eigenvalue weighted by molar-refractivity contribution is -0.384. The topological polar surface area (TPSA) is 58.7 Å². The van der Waals surface area contributed by atoms with Gasteiger partial charge in [0.15, 0.2) is 0 Å². The van der Waals surface area contributed by atoms with Crippen LogP contribution >= 0.6 is 11.6 Å². The number of benzene rings is 2. The van der Waals surface area contributed by atoms with Crippen molar-refractivity contribution in [3.8, 4) is 0 Å². The largest absolute Gasteiger partial charge is 0.269 e. The Hall–Kier alpha value is -2.40. The third-order valence-electron chi connectivity index (χ3n) is 5.59. The van der Waals surface area contributed by atoms with E-state index in [0.29, 0.717) is 10.9 Å². The molecule has 1 saturated carbocycles. The highest BCUT2D eigenvalue weighted by atomic mass is 35.5. The summed E-state index contributed by atoms with van der Waals surface area (Å²) in [5, 5.41) is 18.7. The molecule has 0 N–H and O–H groups in total. The molecule has 27 heavy (non-hydrogen) atoms. The molecule has 1 unspecified atom stereocenters. The van der Waals surface area contributed by atoms with Crippen LogP contribution in [-0.2, 0) is 0 Å². The molecule has 1 atom stereocenters. The summed E-state index contributed by atoms with van der Waals surface area (Å²) in [5.41, 5.74) is 3.41. The SMILES string of the molecule is O=[N+]([O-])c1ccc(C2CC(C3CCCCC3)=NN2c2ccc(Cl)cc2)cc1. The number of halogens is 1. The second kappa shape index (κ2) is 7.69. The van der Waals surface area contributed by atoms with Gasteiger partial charge in [-0.05, 0) is 48.6 Å². The second-order valence-electron chi connectivity index (χ2n) is 7.32. The van der Waals surface area contributed by atoms with Gasteiger partial charge in [0.25, 0.3) is 5.69 Å². The number of nitro groups is 1. The summed E-state index contributed by atoms with van der Waals surface area (Å²) in [6.07, 6.45) is 7.14. The number of hydrazone groups is 1. The molecule has 5 nitrogen and oxygen atoms in total. The van der Waals surface area contributed by atoms with E-state index in [2.05, 4.69) is 5.01 Å². The van der Waals surface area contributed by atoms with E-state index in [1.807, 2.05) is 36.4 Å². The summed E-state index contributed by atoms with van der Waals surface area (Å²) in [6.45, 7) is 0. The predicted molar refractivity (Wildman–Crippen MR) is 108 cm³/mol. The smallest absolute Gasteiger partial charge is 0.258 e. The summed E-state index contributed by atoms with van der Waals surface area (Å²) in [4.78, 5) is 10.6. The molecule has 0 bridgehead atoms. The maximum absolute atomic E-state index is 11.0. The van der Waals surface area contributed by atoms with Crippen molar-refractivity contribution in [3.05, 3.63) is 69.2 Å². The van der Waals surface area contributed by atoms with Gasteiger partial charge in [0.05, 0.1) is 16.7 Å². The number of nitro benzene ring substituents is 1. The minimum Gasteiger partial charge on any atom is -0.258 e. The van der Waals surface area contributed by atoms with Crippen molar-refractivity contribution >= 4 is 28.7 Å². The fraction of sp³-hybridized carbons (Fsp3) is 0.381.